The van der Waals surface area contributed by atoms with E-state index in [2.05, 4.69) is 20.8 Å². The third-order valence-electron chi connectivity index (χ3n) is 3.18. The van der Waals surface area contributed by atoms with E-state index in [1.54, 1.807) is 11.3 Å². The van der Waals surface area contributed by atoms with Crippen LogP contribution in [0.1, 0.15) is 68.6 Å². The summed E-state index contributed by atoms with van der Waals surface area (Å²) in [6.07, 6.45) is 0. The van der Waals surface area contributed by atoms with Crippen LogP contribution in [-0.4, -0.2) is 16.9 Å². The second-order valence-electron chi connectivity index (χ2n) is 7.28. The van der Waals surface area contributed by atoms with Gasteiger partial charge in [-0.15, -0.1) is 11.3 Å². The van der Waals surface area contributed by atoms with Crippen LogP contribution in [0.4, 0.5) is 0 Å². The van der Waals surface area contributed by atoms with Crippen molar-refractivity contribution in [1.29, 1.82) is 0 Å². The lowest BCUT2D eigenvalue weighted by Gasteiger charge is -2.19. The number of hydrogen-bond donors (Lipinski definition) is 1. The van der Waals surface area contributed by atoms with Crippen molar-refractivity contribution in [2.75, 3.05) is 0 Å². The second kappa shape index (κ2) is 5.32. The summed E-state index contributed by atoms with van der Waals surface area (Å²) < 4.78 is 0. The minimum atomic E-state index is -1.07. The number of thiophene rings is 1. The van der Waals surface area contributed by atoms with Crippen LogP contribution in [0, 0.1) is 5.92 Å². The molecule has 0 bridgehead atoms. The quantitative estimate of drug-likeness (QED) is 0.670. The third kappa shape index (κ3) is 3.48. The molecule has 1 aromatic rings. The Morgan fingerprint density at radius 2 is 1.60 bits per heavy atom. The molecule has 1 heterocycles. The van der Waals surface area contributed by atoms with E-state index < -0.39 is 11.9 Å². The number of Topliss-reactive ketones (excluding diaryl/α,β-unsaturated/α-hetero) is 1. The summed E-state index contributed by atoms with van der Waals surface area (Å²) in [7, 11) is 0. The SMILES string of the molecule is CC(C(=O)O)C(=O)c1cc(C(C)(C)C)sc1C(C)(C)C. The highest BCUT2D eigenvalue weighted by molar-refractivity contribution is 7.12. The molecule has 1 atom stereocenters. The number of carboxylic acid groups (broad SMARTS) is 1. The molecule has 0 amide bonds. The van der Waals surface area contributed by atoms with Gasteiger partial charge in [-0.05, 0) is 23.8 Å². The molecule has 0 aliphatic rings. The Balaban J connectivity index is 3.41. The molecule has 112 valence electrons. The average Bonchev–Trinajstić information content (AvgIpc) is 2.70. The van der Waals surface area contributed by atoms with Gasteiger partial charge in [0, 0.05) is 15.3 Å². The highest BCUT2D eigenvalue weighted by atomic mass is 32.1. The lowest BCUT2D eigenvalue weighted by molar-refractivity contribution is -0.139. The molecule has 0 aliphatic carbocycles. The number of rotatable bonds is 3. The Bertz CT molecular complexity index is 527. The Morgan fingerprint density at radius 1 is 1.10 bits per heavy atom. The summed E-state index contributed by atoms with van der Waals surface area (Å²) in [6.45, 7) is 13.9. The normalized spacial score (nSPS) is 14.2. The maximum absolute atomic E-state index is 12.4. The smallest absolute Gasteiger partial charge is 0.314 e. The molecule has 1 unspecified atom stereocenters. The molecule has 0 spiro atoms. The molecule has 0 saturated carbocycles. The van der Waals surface area contributed by atoms with Crippen LogP contribution < -0.4 is 0 Å². The van der Waals surface area contributed by atoms with Gasteiger partial charge in [-0.25, -0.2) is 0 Å². The second-order valence-corrected chi connectivity index (χ2v) is 8.33. The lowest BCUT2D eigenvalue weighted by atomic mass is 9.86. The largest absolute Gasteiger partial charge is 0.481 e. The van der Waals surface area contributed by atoms with Crippen molar-refractivity contribution < 1.29 is 14.7 Å². The van der Waals surface area contributed by atoms with Crippen LogP contribution >= 0.6 is 11.3 Å². The van der Waals surface area contributed by atoms with Crippen molar-refractivity contribution in [1.82, 2.24) is 0 Å². The van der Waals surface area contributed by atoms with E-state index in [9.17, 15) is 9.59 Å². The van der Waals surface area contributed by atoms with Gasteiger partial charge in [-0.1, -0.05) is 41.5 Å². The monoisotopic (exact) mass is 296 g/mol. The van der Waals surface area contributed by atoms with Crippen LogP contribution in [0.2, 0.25) is 0 Å². The molecule has 3 nitrogen and oxygen atoms in total. The van der Waals surface area contributed by atoms with Gasteiger partial charge in [0.2, 0.25) is 0 Å². The molecule has 0 fully saturated rings. The first kappa shape index (κ1) is 16.9. The first-order chi connectivity index (χ1) is 8.85. The molecule has 0 radical (unpaired) electrons. The van der Waals surface area contributed by atoms with E-state index in [1.165, 1.54) is 6.92 Å². The summed E-state index contributed by atoms with van der Waals surface area (Å²) >= 11 is 1.62. The first-order valence-corrected chi connectivity index (χ1v) is 7.59. The predicted octanol–water partition coefficient (Wildman–Crippen LogP) is 4.25. The Labute approximate surface area is 125 Å². The van der Waals surface area contributed by atoms with Gasteiger partial charge < -0.3 is 5.11 Å². The van der Waals surface area contributed by atoms with E-state index in [-0.39, 0.29) is 16.6 Å². The first-order valence-electron chi connectivity index (χ1n) is 6.77. The van der Waals surface area contributed by atoms with Crippen molar-refractivity contribution in [3.05, 3.63) is 21.4 Å². The average molecular weight is 296 g/mol. The van der Waals surface area contributed by atoms with Gasteiger partial charge in [0.1, 0.15) is 5.92 Å². The van der Waals surface area contributed by atoms with Crippen LogP contribution in [-0.2, 0) is 15.6 Å². The van der Waals surface area contributed by atoms with Crippen LogP contribution in [0.3, 0.4) is 0 Å². The van der Waals surface area contributed by atoms with Crippen molar-refractivity contribution in [3.63, 3.8) is 0 Å². The Morgan fingerprint density at radius 3 is 1.95 bits per heavy atom. The van der Waals surface area contributed by atoms with Crippen molar-refractivity contribution in [3.8, 4) is 0 Å². The number of hydrogen-bond acceptors (Lipinski definition) is 3. The lowest BCUT2D eigenvalue weighted by Crippen LogP contribution is -2.23. The van der Waals surface area contributed by atoms with E-state index >= 15 is 0 Å². The molecule has 4 heteroatoms. The van der Waals surface area contributed by atoms with Crippen molar-refractivity contribution in [2.45, 2.75) is 59.3 Å². The fraction of sp³-hybridized carbons (Fsp3) is 0.625. The van der Waals surface area contributed by atoms with Crippen LogP contribution in [0.25, 0.3) is 0 Å². The molecular weight excluding hydrogens is 272 g/mol. The summed E-state index contributed by atoms with van der Waals surface area (Å²) in [5.41, 5.74) is 0.356. The standard InChI is InChI=1S/C16H24O3S/c1-9(14(18)19)12(17)10-8-11(15(2,3)4)20-13(10)16(5,6)7/h8-9H,1-7H3,(H,18,19). The van der Waals surface area contributed by atoms with Crippen molar-refractivity contribution in [2.24, 2.45) is 5.92 Å². The van der Waals surface area contributed by atoms with Gasteiger partial charge in [0.25, 0.3) is 0 Å². The van der Waals surface area contributed by atoms with E-state index in [0.29, 0.717) is 5.56 Å². The molecule has 20 heavy (non-hydrogen) atoms. The summed E-state index contributed by atoms with van der Waals surface area (Å²) in [5, 5.41) is 9.06. The molecule has 1 rings (SSSR count). The van der Waals surface area contributed by atoms with Gasteiger partial charge in [-0.2, -0.15) is 0 Å². The Hall–Kier alpha value is -1.16. The van der Waals surface area contributed by atoms with Crippen LogP contribution in [0.5, 0.6) is 0 Å². The highest BCUT2D eigenvalue weighted by Crippen LogP contribution is 2.39. The highest BCUT2D eigenvalue weighted by Gasteiger charge is 2.32. The fourth-order valence-electron chi connectivity index (χ4n) is 1.85. The van der Waals surface area contributed by atoms with Gasteiger partial charge >= 0.3 is 5.97 Å². The zero-order chi connectivity index (χ0) is 15.9. The van der Waals surface area contributed by atoms with Gasteiger partial charge in [0.15, 0.2) is 5.78 Å². The molecular formula is C16H24O3S. The number of carboxylic acids is 1. The number of aliphatic carboxylic acids is 1. The minimum Gasteiger partial charge on any atom is -0.481 e. The predicted molar refractivity (Wildman–Crippen MR) is 82.8 cm³/mol. The van der Waals surface area contributed by atoms with Gasteiger partial charge in [-0.3, -0.25) is 9.59 Å². The number of carbonyl (C=O) groups excluding carboxylic acids is 1. The summed E-state index contributed by atoms with van der Waals surface area (Å²) in [5.74, 6) is -2.37. The Kier molecular flexibility index (Phi) is 4.49. The molecule has 1 N–H and O–H groups in total. The minimum absolute atomic E-state index is 0.0460. The molecule has 1 aromatic heterocycles. The van der Waals surface area contributed by atoms with Gasteiger partial charge in [0.05, 0.1) is 0 Å². The maximum atomic E-state index is 12.4. The third-order valence-corrected chi connectivity index (χ3v) is 5.17. The van der Waals surface area contributed by atoms with Crippen molar-refractivity contribution >= 4 is 23.1 Å². The fourth-order valence-corrected chi connectivity index (χ4v) is 3.12. The molecule has 0 aromatic carbocycles. The number of carbonyl (C=O) groups is 2. The topological polar surface area (TPSA) is 54.4 Å². The number of ketones is 1. The summed E-state index contributed by atoms with van der Waals surface area (Å²) in [4.78, 5) is 25.6. The summed E-state index contributed by atoms with van der Waals surface area (Å²) in [6, 6.07) is 1.88. The zero-order valence-electron chi connectivity index (χ0n) is 13.3. The van der Waals surface area contributed by atoms with E-state index in [0.717, 1.165) is 9.75 Å². The zero-order valence-corrected chi connectivity index (χ0v) is 14.1. The maximum Gasteiger partial charge on any atom is 0.314 e. The molecule has 0 saturated heterocycles. The van der Waals surface area contributed by atoms with E-state index in [1.807, 2.05) is 26.8 Å². The van der Waals surface area contributed by atoms with Crippen LogP contribution in [0.15, 0.2) is 6.07 Å². The van der Waals surface area contributed by atoms with E-state index in [4.69, 9.17) is 5.11 Å². The molecule has 0 aliphatic heterocycles.